The average Bonchev–Trinajstić information content (AvgIpc) is 2.76. The lowest BCUT2D eigenvalue weighted by Crippen LogP contribution is -2.26. The zero-order valence-electron chi connectivity index (χ0n) is 17.7. The van der Waals surface area contributed by atoms with Crippen LogP contribution in [0.3, 0.4) is 0 Å². The van der Waals surface area contributed by atoms with Gasteiger partial charge in [0.05, 0.1) is 5.56 Å². The molecule has 2 aromatic carbocycles. The van der Waals surface area contributed by atoms with Crippen molar-refractivity contribution in [2.45, 2.75) is 51.9 Å². The van der Waals surface area contributed by atoms with E-state index < -0.39 is 23.3 Å². The SMILES string of the molecule is C/C=C/C1CCC(C2CCc3cc(C#Cc4cc(F)c(F)c(F)c4)c(F)cc3C2)CC1. The third-order valence-corrected chi connectivity index (χ3v) is 6.83. The maximum atomic E-state index is 14.7. The number of halogens is 4. The second-order valence-corrected chi connectivity index (χ2v) is 8.81. The molecular formula is C27H26F4. The van der Waals surface area contributed by atoms with Crippen molar-refractivity contribution >= 4 is 0 Å². The molecule has 0 aromatic heterocycles. The minimum atomic E-state index is -1.53. The van der Waals surface area contributed by atoms with Crippen LogP contribution in [-0.4, -0.2) is 0 Å². The Morgan fingerprint density at radius 3 is 2.16 bits per heavy atom. The van der Waals surface area contributed by atoms with Crippen molar-refractivity contribution in [2.24, 2.45) is 17.8 Å². The number of rotatable bonds is 2. The summed E-state index contributed by atoms with van der Waals surface area (Å²) in [5.74, 6) is 2.66. The fourth-order valence-electron chi connectivity index (χ4n) is 5.15. The summed E-state index contributed by atoms with van der Waals surface area (Å²) < 4.78 is 54.5. The van der Waals surface area contributed by atoms with Crippen LogP contribution in [0.1, 0.15) is 61.3 Å². The molecule has 2 aliphatic carbocycles. The summed E-state index contributed by atoms with van der Waals surface area (Å²) in [5, 5.41) is 0. The lowest BCUT2D eigenvalue weighted by Gasteiger charge is -2.36. The molecule has 0 amide bonds. The summed E-state index contributed by atoms with van der Waals surface area (Å²) >= 11 is 0. The van der Waals surface area contributed by atoms with Crippen molar-refractivity contribution in [2.75, 3.05) is 0 Å². The van der Waals surface area contributed by atoms with Crippen molar-refractivity contribution in [3.05, 3.63) is 81.9 Å². The van der Waals surface area contributed by atoms with E-state index in [1.165, 1.54) is 25.7 Å². The first-order valence-corrected chi connectivity index (χ1v) is 11.0. The van der Waals surface area contributed by atoms with Gasteiger partial charge in [-0.2, -0.15) is 0 Å². The Labute approximate surface area is 181 Å². The van der Waals surface area contributed by atoms with Gasteiger partial charge in [0.1, 0.15) is 5.82 Å². The second-order valence-electron chi connectivity index (χ2n) is 8.81. The van der Waals surface area contributed by atoms with Crippen LogP contribution in [0.2, 0.25) is 0 Å². The zero-order valence-corrected chi connectivity index (χ0v) is 17.7. The van der Waals surface area contributed by atoms with Crippen molar-refractivity contribution in [1.29, 1.82) is 0 Å². The van der Waals surface area contributed by atoms with Gasteiger partial charge in [0.2, 0.25) is 0 Å². The lowest BCUT2D eigenvalue weighted by atomic mass is 9.69. The van der Waals surface area contributed by atoms with E-state index in [1.54, 1.807) is 12.1 Å². The van der Waals surface area contributed by atoms with E-state index in [-0.39, 0.29) is 11.1 Å². The van der Waals surface area contributed by atoms with Crippen LogP contribution < -0.4 is 0 Å². The van der Waals surface area contributed by atoms with Gasteiger partial charge in [-0.1, -0.05) is 24.0 Å². The number of aryl methyl sites for hydroxylation is 1. The topological polar surface area (TPSA) is 0 Å². The molecule has 4 rings (SSSR count). The van der Waals surface area contributed by atoms with Crippen molar-refractivity contribution < 1.29 is 17.6 Å². The van der Waals surface area contributed by atoms with Crippen molar-refractivity contribution in [3.63, 3.8) is 0 Å². The summed E-state index contributed by atoms with van der Waals surface area (Å²) in [4.78, 5) is 0. The smallest absolute Gasteiger partial charge is 0.194 e. The first-order valence-electron chi connectivity index (χ1n) is 11.0. The summed E-state index contributed by atoms with van der Waals surface area (Å²) in [7, 11) is 0. The molecule has 1 fully saturated rings. The Morgan fingerprint density at radius 1 is 0.774 bits per heavy atom. The maximum Gasteiger partial charge on any atom is 0.194 e. The third kappa shape index (κ3) is 4.87. The van der Waals surface area contributed by atoms with E-state index >= 15 is 0 Å². The molecule has 0 bridgehead atoms. The maximum absolute atomic E-state index is 14.7. The Hall–Kier alpha value is -2.54. The standard InChI is InChI=1S/C27H26F4/c1-2-3-17-4-7-19(8-5-17)20-10-11-21-14-22(24(28)16-23(21)15-20)9-6-18-12-25(29)27(31)26(30)13-18/h2-3,12-14,16-17,19-20H,4-5,7-8,10-11,15H2,1H3/b3-2+. The van der Waals surface area contributed by atoms with Gasteiger partial charge in [-0.25, -0.2) is 17.6 Å². The van der Waals surface area contributed by atoms with Gasteiger partial charge in [-0.3, -0.25) is 0 Å². The molecular weight excluding hydrogens is 400 g/mol. The highest BCUT2D eigenvalue weighted by Gasteiger charge is 2.30. The number of allylic oxidation sites excluding steroid dienone is 2. The van der Waals surface area contributed by atoms with E-state index in [0.717, 1.165) is 42.5 Å². The summed E-state index contributed by atoms with van der Waals surface area (Å²) in [6.07, 6.45) is 12.3. The van der Waals surface area contributed by atoms with Crippen LogP contribution >= 0.6 is 0 Å². The number of hydrogen-bond donors (Lipinski definition) is 0. The summed E-state index contributed by atoms with van der Waals surface area (Å²) in [5.41, 5.74) is 2.33. The fourth-order valence-corrected chi connectivity index (χ4v) is 5.15. The van der Waals surface area contributed by atoms with Crippen molar-refractivity contribution in [3.8, 4) is 11.8 Å². The van der Waals surface area contributed by atoms with Crippen molar-refractivity contribution in [1.82, 2.24) is 0 Å². The fraction of sp³-hybridized carbons (Fsp3) is 0.407. The second kappa shape index (κ2) is 9.30. The highest BCUT2D eigenvalue weighted by Crippen LogP contribution is 2.40. The zero-order chi connectivity index (χ0) is 22.0. The molecule has 0 heterocycles. The first-order chi connectivity index (χ1) is 14.9. The van der Waals surface area contributed by atoms with Gasteiger partial charge < -0.3 is 0 Å². The quantitative estimate of drug-likeness (QED) is 0.207. The molecule has 1 atom stereocenters. The molecule has 0 spiro atoms. The highest BCUT2D eigenvalue weighted by atomic mass is 19.2. The van der Waals surface area contributed by atoms with E-state index in [4.69, 9.17) is 0 Å². The molecule has 0 radical (unpaired) electrons. The molecule has 0 saturated heterocycles. The Kier molecular flexibility index (Phi) is 6.51. The van der Waals surface area contributed by atoms with E-state index in [9.17, 15) is 17.6 Å². The molecule has 2 aliphatic rings. The van der Waals surface area contributed by atoms with Gasteiger partial charge >= 0.3 is 0 Å². The van der Waals surface area contributed by atoms with Gasteiger partial charge in [0, 0.05) is 5.56 Å². The van der Waals surface area contributed by atoms with E-state index in [0.29, 0.717) is 17.8 Å². The average molecular weight is 426 g/mol. The van der Waals surface area contributed by atoms with E-state index in [1.807, 2.05) is 0 Å². The minimum absolute atomic E-state index is 0.0258. The predicted octanol–water partition coefficient (Wildman–Crippen LogP) is 7.13. The molecule has 0 nitrogen and oxygen atoms in total. The van der Waals surface area contributed by atoms with Gasteiger partial charge in [-0.05, 0) is 105 Å². The van der Waals surface area contributed by atoms with Gasteiger partial charge in [-0.15, -0.1) is 0 Å². The molecule has 31 heavy (non-hydrogen) atoms. The monoisotopic (exact) mass is 426 g/mol. The predicted molar refractivity (Wildman–Crippen MR) is 114 cm³/mol. The number of hydrogen-bond acceptors (Lipinski definition) is 0. The number of fused-ring (bicyclic) bond motifs is 1. The van der Waals surface area contributed by atoms with Crippen LogP contribution in [0, 0.1) is 52.9 Å². The molecule has 1 unspecified atom stereocenters. The minimum Gasteiger partial charge on any atom is -0.206 e. The van der Waals surface area contributed by atoms with Crippen LogP contribution in [0.4, 0.5) is 17.6 Å². The Morgan fingerprint density at radius 2 is 1.48 bits per heavy atom. The lowest BCUT2D eigenvalue weighted by molar-refractivity contribution is 0.206. The van der Waals surface area contributed by atoms with Crippen LogP contribution in [0.5, 0.6) is 0 Å². The molecule has 4 heteroatoms. The molecule has 2 aromatic rings. The first kappa shape index (κ1) is 21.7. The molecule has 0 N–H and O–H groups in total. The van der Waals surface area contributed by atoms with Gasteiger partial charge in [0.25, 0.3) is 0 Å². The molecule has 162 valence electrons. The van der Waals surface area contributed by atoms with Gasteiger partial charge in [0.15, 0.2) is 17.5 Å². The van der Waals surface area contributed by atoms with Crippen LogP contribution in [-0.2, 0) is 12.8 Å². The van der Waals surface area contributed by atoms with E-state index in [2.05, 4.69) is 30.9 Å². The summed E-state index contributed by atoms with van der Waals surface area (Å²) in [6, 6.07) is 4.96. The van der Waals surface area contributed by atoms with Crippen LogP contribution in [0.15, 0.2) is 36.4 Å². The van der Waals surface area contributed by atoms with Crippen LogP contribution in [0.25, 0.3) is 0 Å². The largest absolute Gasteiger partial charge is 0.206 e. The molecule has 1 saturated carbocycles. The Balaban J connectivity index is 1.48. The highest BCUT2D eigenvalue weighted by molar-refractivity contribution is 5.47. The molecule has 0 aliphatic heterocycles. The summed E-state index contributed by atoms with van der Waals surface area (Å²) in [6.45, 7) is 2.08. The Bertz CT molecular complexity index is 1030. The normalized spacial score (nSPS) is 23.3. The third-order valence-electron chi connectivity index (χ3n) is 6.83. The number of benzene rings is 2.